The summed E-state index contributed by atoms with van der Waals surface area (Å²) in [5, 5.41) is 2.80. The summed E-state index contributed by atoms with van der Waals surface area (Å²) in [5.41, 5.74) is 8.84. The van der Waals surface area contributed by atoms with Gasteiger partial charge in [0.2, 0.25) is 0 Å². The molecule has 0 aliphatic heterocycles. The van der Waals surface area contributed by atoms with Gasteiger partial charge in [-0.25, -0.2) is 0 Å². The molecule has 3 rings (SSSR count). The SMILES string of the molecule is CCCc1cc2c(-c3cc(C(C)(C)C)cc(C(C)(C)C)c3)c(C(C)C)ccc2[cH-]1.[Cl][Zr][Cl]. The van der Waals surface area contributed by atoms with Crippen LogP contribution in [0.2, 0.25) is 0 Å². The molecule has 0 heterocycles. The van der Waals surface area contributed by atoms with Gasteiger partial charge in [0.1, 0.15) is 0 Å². The molecule has 0 N–H and O–H groups in total. The van der Waals surface area contributed by atoms with E-state index in [-0.39, 0.29) is 10.8 Å². The van der Waals surface area contributed by atoms with Gasteiger partial charge >= 0.3 is 37.9 Å². The molecule has 0 unspecified atom stereocenters. The van der Waals surface area contributed by atoms with Crippen molar-refractivity contribution >= 4 is 27.8 Å². The van der Waals surface area contributed by atoms with Crippen LogP contribution in [0.5, 0.6) is 0 Å². The van der Waals surface area contributed by atoms with E-state index >= 15 is 0 Å². The Morgan fingerprint density at radius 3 is 1.84 bits per heavy atom. The first-order valence-electron chi connectivity index (χ1n) is 11.7. The second-order valence-corrected chi connectivity index (χ2v) is 14.9. The summed E-state index contributed by atoms with van der Waals surface area (Å²) in [6.07, 6.45) is 2.34. The van der Waals surface area contributed by atoms with E-state index in [4.69, 9.17) is 17.0 Å². The van der Waals surface area contributed by atoms with Crippen molar-refractivity contribution in [2.24, 2.45) is 0 Å². The van der Waals surface area contributed by atoms with Crippen molar-refractivity contribution in [1.29, 1.82) is 0 Å². The average Bonchev–Trinajstić information content (AvgIpc) is 3.08. The standard InChI is InChI=1S/C29H39.2ClH.Zr/c1-10-11-20-14-21-12-13-25(19(2)3)27(26(21)15-20)22-16-23(28(4,5)6)18-24(17-22)29(7,8)9;;;/h12-19H,10-11H2,1-9H3;2*1H;/q-1;;;+2/p-2. The second kappa shape index (κ2) is 11.3. The summed E-state index contributed by atoms with van der Waals surface area (Å²) in [4.78, 5) is 0. The van der Waals surface area contributed by atoms with Gasteiger partial charge in [0, 0.05) is 0 Å². The van der Waals surface area contributed by atoms with Crippen LogP contribution < -0.4 is 0 Å². The van der Waals surface area contributed by atoms with Gasteiger partial charge in [0.05, 0.1) is 0 Å². The van der Waals surface area contributed by atoms with E-state index in [1.807, 2.05) is 0 Å². The van der Waals surface area contributed by atoms with Gasteiger partial charge in [-0.1, -0.05) is 98.1 Å². The van der Waals surface area contributed by atoms with Crippen LogP contribution in [0.1, 0.15) is 96.9 Å². The van der Waals surface area contributed by atoms with Crippen LogP contribution in [0.4, 0.5) is 0 Å². The summed E-state index contributed by atoms with van der Waals surface area (Å²) in [6, 6.07) is 16.8. The number of hydrogen-bond donors (Lipinski definition) is 0. The number of benzene rings is 2. The fraction of sp³-hybridized carbons (Fsp3) is 0.483. The first-order valence-corrected chi connectivity index (χ1v) is 18.0. The zero-order valence-corrected chi connectivity index (χ0v) is 25.3. The minimum atomic E-state index is -0.826. The monoisotopic (exact) mass is 547 g/mol. The van der Waals surface area contributed by atoms with E-state index in [0.717, 1.165) is 6.42 Å². The molecule has 32 heavy (non-hydrogen) atoms. The van der Waals surface area contributed by atoms with Gasteiger partial charge < -0.3 is 0 Å². The minimum absolute atomic E-state index is 0.126. The molecule has 0 atom stereocenters. The van der Waals surface area contributed by atoms with E-state index < -0.39 is 20.8 Å². The molecule has 0 saturated carbocycles. The fourth-order valence-corrected chi connectivity index (χ4v) is 4.23. The molecular formula is C29H39Cl2Zr-. The molecule has 0 aromatic heterocycles. The molecule has 0 amide bonds. The second-order valence-electron chi connectivity index (χ2n) is 11.2. The van der Waals surface area contributed by atoms with E-state index in [9.17, 15) is 0 Å². The van der Waals surface area contributed by atoms with Crippen LogP contribution in [0, 0.1) is 0 Å². The quantitative estimate of drug-likeness (QED) is 0.284. The first-order chi connectivity index (χ1) is 14.8. The van der Waals surface area contributed by atoms with Crippen molar-refractivity contribution in [3.63, 3.8) is 0 Å². The molecule has 3 aromatic rings. The van der Waals surface area contributed by atoms with Crippen molar-refractivity contribution in [2.45, 2.75) is 91.9 Å². The van der Waals surface area contributed by atoms with Gasteiger partial charge in [-0.15, -0.1) is 34.5 Å². The third-order valence-electron chi connectivity index (χ3n) is 6.10. The topological polar surface area (TPSA) is 0 Å². The van der Waals surface area contributed by atoms with Crippen LogP contribution in [-0.4, -0.2) is 0 Å². The van der Waals surface area contributed by atoms with Crippen molar-refractivity contribution < 1.29 is 20.8 Å². The van der Waals surface area contributed by atoms with Gasteiger partial charge in [0.15, 0.2) is 0 Å². The Balaban J connectivity index is 0.00000114. The Labute approximate surface area is 215 Å². The Morgan fingerprint density at radius 1 is 0.875 bits per heavy atom. The molecule has 0 aliphatic rings. The summed E-state index contributed by atoms with van der Waals surface area (Å²) in [7, 11) is 9.87. The van der Waals surface area contributed by atoms with Gasteiger partial charge in [0.25, 0.3) is 0 Å². The number of fused-ring (bicyclic) bond motifs is 1. The summed E-state index contributed by atoms with van der Waals surface area (Å²) < 4.78 is 0. The summed E-state index contributed by atoms with van der Waals surface area (Å²) in [5.74, 6) is 0.496. The summed E-state index contributed by atoms with van der Waals surface area (Å²) >= 11 is -0.826. The zero-order chi connectivity index (χ0) is 24.3. The molecular weight excluding hydrogens is 510 g/mol. The molecule has 0 spiro atoms. The van der Waals surface area contributed by atoms with Gasteiger partial charge in [-0.05, 0) is 39.9 Å². The Bertz CT molecular complexity index is 997. The van der Waals surface area contributed by atoms with Crippen LogP contribution in [0.15, 0.2) is 42.5 Å². The van der Waals surface area contributed by atoms with E-state index in [1.165, 1.54) is 50.6 Å². The van der Waals surface area contributed by atoms with E-state index in [0.29, 0.717) is 5.92 Å². The Morgan fingerprint density at radius 2 is 1.41 bits per heavy atom. The molecule has 0 radical (unpaired) electrons. The third-order valence-corrected chi connectivity index (χ3v) is 6.10. The number of aryl methyl sites for hydroxylation is 1. The maximum absolute atomic E-state index is 4.93. The van der Waals surface area contributed by atoms with Crippen molar-refractivity contribution in [3.05, 3.63) is 64.7 Å². The molecule has 0 bridgehead atoms. The van der Waals surface area contributed by atoms with Crippen molar-refractivity contribution in [2.75, 3.05) is 0 Å². The average molecular weight is 550 g/mol. The molecule has 0 fully saturated rings. The molecule has 174 valence electrons. The first kappa shape index (κ1) is 27.8. The number of hydrogen-bond acceptors (Lipinski definition) is 0. The Hall–Kier alpha value is -0.487. The van der Waals surface area contributed by atoms with Gasteiger partial charge in [-0.2, -0.15) is 6.07 Å². The maximum atomic E-state index is 4.93. The van der Waals surface area contributed by atoms with Crippen molar-refractivity contribution in [3.8, 4) is 11.1 Å². The molecule has 0 saturated heterocycles. The normalized spacial score (nSPS) is 12.1. The molecule has 0 nitrogen and oxygen atoms in total. The third kappa shape index (κ3) is 6.77. The predicted octanol–water partition coefficient (Wildman–Crippen LogP) is 10.3. The van der Waals surface area contributed by atoms with E-state index in [1.54, 1.807) is 0 Å². The molecule has 3 aromatic carbocycles. The van der Waals surface area contributed by atoms with Crippen LogP contribution in [0.25, 0.3) is 21.9 Å². The summed E-state index contributed by atoms with van der Waals surface area (Å²) in [6.45, 7) is 20.8. The predicted molar refractivity (Wildman–Crippen MR) is 142 cm³/mol. The Kier molecular flexibility index (Phi) is 9.79. The zero-order valence-electron chi connectivity index (χ0n) is 21.3. The van der Waals surface area contributed by atoms with Crippen LogP contribution >= 0.6 is 17.0 Å². The number of halogens is 2. The molecule has 3 heteroatoms. The fourth-order valence-electron chi connectivity index (χ4n) is 4.23. The number of rotatable bonds is 4. The van der Waals surface area contributed by atoms with Crippen molar-refractivity contribution in [1.82, 2.24) is 0 Å². The van der Waals surface area contributed by atoms with Crippen LogP contribution in [-0.2, 0) is 38.1 Å². The molecule has 0 aliphatic carbocycles. The van der Waals surface area contributed by atoms with Crippen LogP contribution in [0.3, 0.4) is 0 Å². The van der Waals surface area contributed by atoms with Gasteiger partial charge in [-0.3, -0.25) is 0 Å². The van der Waals surface area contributed by atoms with E-state index in [2.05, 4.69) is 105 Å².